The van der Waals surface area contributed by atoms with E-state index in [0.717, 1.165) is 15.3 Å². The molecular weight excluding hydrogens is 467 g/mol. The van der Waals surface area contributed by atoms with Gasteiger partial charge in [-0.15, -0.1) is 11.3 Å². The maximum Gasteiger partial charge on any atom is 0.239 e. The summed E-state index contributed by atoms with van der Waals surface area (Å²) in [7, 11) is 1.69. The maximum atomic E-state index is 11.9. The summed E-state index contributed by atoms with van der Waals surface area (Å²) in [5.41, 5.74) is 2.55. The molecule has 0 aliphatic rings. The lowest BCUT2D eigenvalue weighted by Gasteiger charge is -2.08. The number of aromatic amines is 1. The number of amides is 1. The number of carbonyl (C=O) groups is 1. The molecule has 0 aliphatic carbocycles. The fourth-order valence-corrected chi connectivity index (χ4v) is 4.92. The quantitative estimate of drug-likeness (QED) is 0.299. The molecule has 0 spiro atoms. The second-order valence-corrected chi connectivity index (χ2v) is 8.53. The topological polar surface area (TPSA) is 87.1 Å². The Labute approximate surface area is 198 Å². The molecule has 1 aromatic carbocycles. The molecule has 32 heavy (non-hydrogen) atoms. The van der Waals surface area contributed by atoms with Crippen LogP contribution in [0.15, 0.2) is 48.9 Å². The first-order valence-corrected chi connectivity index (χ1v) is 11.0. The lowest BCUT2D eigenvalue weighted by molar-refractivity contribution is -0.115. The summed E-state index contributed by atoms with van der Waals surface area (Å²) in [5.74, 6) is 0.820. The van der Waals surface area contributed by atoms with Gasteiger partial charge < -0.3 is 15.6 Å². The molecule has 0 saturated carbocycles. The maximum absolute atomic E-state index is 11.9. The van der Waals surface area contributed by atoms with E-state index in [0.29, 0.717) is 38.5 Å². The van der Waals surface area contributed by atoms with Gasteiger partial charge >= 0.3 is 0 Å². The van der Waals surface area contributed by atoms with Crippen molar-refractivity contribution in [3.8, 4) is 32.3 Å². The molecule has 0 saturated heterocycles. The van der Waals surface area contributed by atoms with Crippen molar-refractivity contribution >= 4 is 52.0 Å². The van der Waals surface area contributed by atoms with Gasteiger partial charge in [-0.3, -0.25) is 4.79 Å². The number of pyridine rings is 1. The second kappa shape index (κ2) is 9.51. The van der Waals surface area contributed by atoms with E-state index in [4.69, 9.17) is 29.8 Å². The largest absolute Gasteiger partial charge is 0.344 e. The zero-order valence-corrected chi connectivity index (χ0v) is 19.1. The van der Waals surface area contributed by atoms with Gasteiger partial charge in [0, 0.05) is 39.1 Å². The first-order chi connectivity index (χ1) is 15.5. The highest BCUT2D eigenvalue weighted by Gasteiger charge is 2.25. The average Bonchev–Trinajstić information content (AvgIpc) is 3.42. The number of hydrogen-bond acceptors (Lipinski definition) is 5. The summed E-state index contributed by atoms with van der Waals surface area (Å²) in [6, 6.07) is 8.73. The number of thiophene rings is 1. The van der Waals surface area contributed by atoms with Gasteiger partial charge in [0.1, 0.15) is 11.6 Å². The van der Waals surface area contributed by atoms with E-state index in [2.05, 4.69) is 30.4 Å². The zero-order valence-electron chi connectivity index (χ0n) is 16.7. The van der Waals surface area contributed by atoms with E-state index >= 15 is 0 Å². The number of aromatic nitrogens is 3. The summed E-state index contributed by atoms with van der Waals surface area (Å²) in [6.45, 7) is 8.10. The highest BCUT2D eigenvalue weighted by atomic mass is 35.5. The number of likely N-dealkylation sites (N-methyl/N-ethyl adjacent to an activating group) is 1. The van der Waals surface area contributed by atoms with Crippen molar-refractivity contribution in [3.63, 3.8) is 0 Å². The highest BCUT2D eigenvalue weighted by molar-refractivity contribution is 7.20. The van der Waals surface area contributed by atoms with E-state index in [1.165, 1.54) is 11.3 Å². The molecule has 7 nitrogen and oxygen atoms in total. The van der Waals surface area contributed by atoms with Gasteiger partial charge in [0.2, 0.25) is 11.6 Å². The number of halogens is 2. The lowest BCUT2D eigenvalue weighted by atomic mass is 10.0. The molecule has 0 unspecified atom stereocenters. The number of imidazole rings is 1. The predicted molar refractivity (Wildman–Crippen MR) is 129 cm³/mol. The Hall–Kier alpha value is -3.22. The Morgan fingerprint density at radius 3 is 2.72 bits per heavy atom. The monoisotopic (exact) mass is 482 g/mol. The summed E-state index contributed by atoms with van der Waals surface area (Å²) in [6.07, 6.45) is 4.97. The normalized spacial score (nSPS) is 10.7. The third-order valence-corrected chi connectivity index (χ3v) is 6.32. The Morgan fingerprint density at radius 1 is 1.19 bits per heavy atom. The zero-order chi connectivity index (χ0) is 22.7. The van der Waals surface area contributed by atoms with Crippen molar-refractivity contribution < 1.29 is 4.79 Å². The lowest BCUT2D eigenvalue weighted by Crippen LogP contribution is -2.25. The minimum Gasteiger partial charge on any atom is -0.344 e. The van der Waals surface area contributed by atoms with Gasteiger partial charge in [0.25, 0.3) is 0 Å². The summed E-state index contributed by atoms with van der Waals surface area (Å²) < 4.78 is 0. The van der Waals surface area contributed by atoms with Gasteiger partial charge in [-0.2, -0.15) is 0 Å². The number of nitrogens with one attached hydrogen (secondary N) is 3. The van der Waals surface area contributed by atoms with Crippen LogP contribution in [0.1, 0.15) is 0 Å². The van der Waals surface area contributed by atoms with Crippen LogP contribution in [0.2, 0.25) is 10.0 Å². The predicted octanol–water partition coefficient (Wildman–Crippen LogP) is 5.88. The van der Waals surface area contributed by atoms with Crippen molar-refractivity contribution in [2.24, 2.45) is 0 Å². The number of benzene rings is 1. The third-order valence-electron chi connectivity index (χ3n) is 4.54. The van der Waals surface area contributed by atoms with Gasteiger partial charge in [-0.25, -0.2) is 14.8 Å². The molecule has 1 amide bonds. The van der Waals surface area contributed by atoms with E-state index in [1.54, 1.807) is 56.0 Å². The van der Waals surface area contributed by atoms with Gasteiger partial charge in [-0.05, 0) is 42.4 Å². The molecule has 4 rings (SSSR count). The Bertz CT molecular complexity index is 1330. The van der Waals surface area contributed by atoms with Gasteiger partial charge in [-0.1, -0.05) is 29.3 Å². The second-order valence-electron chi connectivity index (χ2n) is 6.67. The van der Waals surface area contributed by atoms with Gasteiger partial charge in [0.05, 0.1) is 18.0 Å². The van der Waals surface area contributed by atoms with E-state index in [1.807, 2.05) is 0 Å². The fourth-order valence-electron chi connectivity index (χ4n) is 3.21. The van der Waals surface area contributed by atoms with E-state index < -0.39 is 0 Å². The van der Waals surface area contributed by atoms with Crippen molar-refractivity contribution in [3.05, 3.63) is 70.4 Å². The van der Waals surface area contributed by atoms with Crippen LogP contribution in [0.4, 0.5) is 11.5 Å². The van der Waals surface area contributed by atoms with Crippen LogP contribution in [-0.4, -0.2) is 34.5 Å². The highest BCUT2D eigenvalue weighted by Crippen LogP contribution is 2.53. The molecule has 0 aliphatic heterocycles. The number of nitrogens with zero attached hydrogens (tertiary/aromatic N) is 3. The molecule has 0 bridgehead atoms. The van der Waals surface area contributed by atoms with Crippen LogP contribution >= 0.6 is 34.5 Å². The summed E-state index contributed by atoms with van der Waals surface area (Å²) >= 11 is 14.0. The third kappa shape index (κ3) is 4.38. The summed E-state index contributed by atoms with van der Waals surface area (Å²) in [4.78, 5) is 29.0. The number of rotatable bonds is 6. The molecule has 160 valence electrons. The average molecular weight is 483 g/mol. The molecule has 0 atom stereocenters. The Balaban J connectivity index is 1.90. The smallest absolute Gasteiger partial charge is 0.239 e. The first-order valence-electron chi connectivity index (χ1n) is 9.42. The van der Waals surface area contributed by atoms with Crippen LogP contribution in [0, 0.1) is 6.57 Å². The van der Waals surface area contributed by atoms with Crippen LogP contribution in [0.25, 0.3) is 37.1 Å². The first kappa shape index (κ1) is 22.0. The Morgan fingerprint density at radius 2 is 2.03 bits per heavy atom. The molecule has 3 aromatic heterocycles. The van der Waals surface area contributed by atoms with Crippen LogP contribution in [0.5, 0.6) is 0 Å². The molecule has 3 N–H and O–H groups in total. The van der Waals surface area contributed by atoms with Crippen molar-refractivity contribution in [1.29, 1.82) is 0 Å². The van der Waals surface area contributed by atoms with E-state index in [-0.39, 0.29) is 12.5 Å². The number of H-pyrrole nitrogens is 1. The van der Waals surface area contributed by atoms with Crippen molar-refractivity contribution in [1.82, 2.24) is 20.3 Å². The van der Waals surface area contributed by atoms with Crippen LogP contribution in [-0.2, 0) is 4.79 Å². The number of carbonyl (C=O) groups excluding carboxylic acids is 1. The SMILES string of the molecule is [C-]#[N+]c1c(-c2ccnc(NC(=O)CNC)c2)sc(-c2ncc[nH]2)c1-c1ccc(Cl)cc1Cl. The standard InChI is InChI=1S/C22H16Cl2N6OS/c1-25-11-17(31)30-16-9-12(5-6-27-16)20-19(26-2)18(14-4-3-13(23)10-15(14)24)21(32-20)22-28-7-8-29-22/h3-10,25H,11H2,1H3,(H,28,29)(H,27,30,31). The molecule has 0 radical (unpaired) electrons. The van der Waals surface area contributed by atoms with Crippen molar-refractivity contribution in [2.45, 2.75) is 0 Å². The van der Waals surface area contributed by atoms with Crippen LogP contribution < -0.4 is 10.6 Å². The van der Waals surface area contributed by atoms with Crippen molar-refractivity contribution in [2.75, 3.05) is 18.9 Å². The molecule has 4 aromatic rings. The van der Waals surface area contributed by atoms with Gasteiger partial charge in [0.15, 0.2) is 0 Å². The number of hydrogen-bond donors (Lipinski definition) is 3. The molecule has 3 heterocycles. The summed E-state index contributed by atoms with van der Waals surface area (Å²) in [5, 5.41) is 6.49. The Kier molecular flexibility index (Phi) is 6.53. The van der Waals surface area contributed by atoms with Crippen LogP contribution in [0.3, 0.4) is 0 Å². The number of anilines is 1. The molecular formula is C22H16Cl2N6OS. The van der Waals surface area contributed by atoms with E-state index in [9.17, 15) is 4.79 Å². The minimum absolute atomic E-state index is 0.167. The molecule has 0 fully saturated rings. The molecule has 10 heteroatoms. The fraction of sp³-hybridized carbons (Fsp3) is 0.0909. The minimum atomic E-state index is -0.210.